The number of aromatic nitrogens is 1. The lowest BCUT2D eigenvalue weighted by Gasteiger charge is -2.17. The summed E-state index contributed by atoms with van der Waals surface area (Å²) in [5, 5.41) is 3.48. The van der Waals surface area contributed by atoms with E-state index in [4.69, 9.17) is 0 Å². The van der Waals surface area contributed by atoms with Gasteiger partial charge in [0.05, 0.1) is 5.69 Å². The highest BCUT2D eigenvalue weighted by Gasteiger charge is 2.35. The summed E-state index contributed by atoms with van der Waals surface area (Å²) >= 11 is 0. The maximum Gasteiger partial charge on any atom is 0.0573 e. The van der Waals surface area contributed by atoms with Crippen LogP contribution < -0.4 is 5.32 Å². The quantitative estimate of drug-likeness (QED) is 0.802. The van der Waals surface area contributed by atoms with E-state index < -0.39 is 0 Å². The molecule has 2 saturated heterocycles. The summed E-state index contributed by atoms with van der Waals surface area (Å²) in [5.74, 6) is 1.76. The van der Waals surface area contributed by atoms with Crippen LogP contribution in [-0.4, -0.2) is 36.1 Å². The molecule has 16 heavy (non-hydrogen) atoms. The first-order chi connectivity index (χ1) is 7.83. The molecule has 2 aliphatic heterocycles. The van der Waals surface area contributed by atoms with E-state index in [1.165, 1.54) is 37.4 Å². The topological polar surface area (TPSA) is 28.2 Å². The minimum Gasteiger partial charge on any atom is -0.316 e. The van der Waals surface area contributed by atoms with Crippen molar-refractivity contribution in [2.45, 2.75) is 13.5 Å². The molecule has 3 heterocycles. The fourth-order valence-electron chi connectivity index (χ4n) is 2.98. The second-order valence-corrected chi connectivity index (χ2v) is 5.14. The van der Waals surface area contributed by atoms with E-state index >= 15 is 0 Å². The van der Waals surface area contributed by atoms with Crippen molar-refractivity contribution in [3.05, 3.63) is 29.6 Å². The van der Waals surface area contributed by atoms with Crippen LogP contribution in [0.5, 0.6) is 0 Å². The lowest BCUT2D eigenvalue weighted by atomic mass is 10.0. The van der Waals surface area contributed by atoms with Crippen molar-refractivity contribution in [2.75, 3.05) is 26.2 Å². The zero-order valence-electron chi connectivity index (χ0n) is 9.82. The van der Waals surface area contributed by atoms with Crippen molar-refractivity contribution in [1.82, 2.24) is 15.2 Å². The van der Waals surface area contributed by atoms with Gasteiger partial charge in [0.2, 0.25) is 0 Å². The second-order valence-electron chi connectivity index (χ2n) is 5.14. The van der Waals surface area contributed by atoms with Gasteiger partial charge >= 0.3 is 0 Å². The molecule has 3 nitrogen and oxygen atoms in total. The first kappa shape index (κ1) is 10.2. The third-order valence-corrected chi connectivity index (χ3v) is 3.96. The molecule has 0 aliphatic carbocycles. The van der Waals surface area contributed by atoms with E-state index in [0.29, 0.717) is 0 Å². The van der Waals surface area contributed by atoms with Crippen LogP contribution in [0.25, 0.3) is 0 Å². The Hall–Kier alpha value is -0.930. The van der Waals surface area contributed by atoms with Crippen molar-refractivity contribution >= 4 is 0 Å². The molecule has 3 heteroatoms. The van der Waals surface area contributed by atoms with Crippen LogP contribution in [0.3, 0.4) is 0 Å². The average Bonchev–Trinajstić information content (AvgIpc) is 2.81. The van der Waals surface area contributed by atoms with E-state index in [1.807, 2.05) is 12.3 Å². The maximum absolute atomic E-state index is 4.48. The van der Waals surface area contributed by atoms with Crippen LogP contribution >= 0.6 is 0 Å². The lowest BCUT2D eigenvalue weighted by molar-refractivity contribution is 0.301. The summed E-state index contributed by atoms with van der Waals surface area (Å²) < 4.78 is 0. The molecule has 0 amide bonds. The van der Waals surface area contributed by atoms with E-state index in [9.17, 15) is 0 Å². The molecule has 0 aromatic carbocycles. The number of nitrogens with zero attached hydrogens (tertiary/aromatic N) is 2. The van der Waals surface area contributed by atoms with Gasteiger partial charge in [-0.15, -0.1) is 0 Å². The van der Waals surface area contributed by atoms with Gasteiger partial charge in [-0.3, -0.25) is 9.88 Å². The molecule has 1 aromatic rings. The van der Waals surface area contributed by atoms with Gasteiger partial charge in [-0.05, 0) is 43.5 Å². The lowest BCUT2D eigenvalue weighted by Crippen LogP contribution is -2.26. The fraction of sp³-hybridized carbons (Fsp3) is 0.615. The summed E-state index contributed by atoms with van der Waals surface area (Å²) in [5.41, 5.74) is 2.56. The van der Waals surface area contributed by atoms with Crippen LogP contribution in [-0.2, 0) is 6.54 Å². The van der Waals surface area contributed by atoms with Crippen LogP contribution in [0.4, 0.5) is 0 Å². The molecule has 2 fully saturated rings. The predicted molar refractivity (Wildman–Crippen MR) is 64.1 cm³/mol. The number of hydrogen-bond donors (Lipinski definition) is 1. The third kappa shape index (κ3) is 1.85. The number of pyridine rings is 1. The molecule has 2 atom stereocenters. The fourth-order valence-corrected chi connectivity index (χ4v) is 2.98. The summed E-state index contributed by atoms with van der Waals surface area (Å²) in [6.45, 7) is 8.09. The monoisotopic (exact) mass is 217 g/mol. The van der Waals surface area contributed by atoms with E-state index in [-0.39, 0.29) is 0 Å². The van der Waals surface area contributed by atoms with Crippen molar-refractivity contribution in [2.24, 2.45) is 11.8 Å². The molecular weight excluding hydrogens is 198 g/mol. The predicted octanol–water partition coefficient (Wildman–Crippen LogP) is 1.04. The molecule has 1 N–H and O–H groups in total. The Morgan fingerprint density at radius 2 is 2.12 bits per heavy atom. The molecule has 0 bridgehead atoms. The molecule has 0 saturated carbocycles. The highest BCUT2D eigenvalue weighted by molar-refractivity contribution is 5.17. The van der Waals surface area contributed by atoms with Gasteiger partial charge in [0.15, 0.2) is 0 Å². The first-order valence-corrected chi connectivity index (χ1v) is 6.16. The van der Waals surface area contributed by atoms with Gasteiger partial charge in [-0.2, -0.15) is 0 Å². The number of fused-ring (bicyclic) bond motifs is 1. The third-order valence-electron chi connectivity index (χ3n) is 3.96. The Kier molecular flexibility index (Phi) is 2.65. The van der Waals surface area contributed by atoms with E-state index in [0.717, 1.165) is 18.4 Å². The second kappa shape index (κ2) is 4.15. The van der Waals surface area contributed by atoms with Crippen molar-refractivity contribution in [3.8, 4) is 0 Å². The molecule has 0 spiro atoms. The summed E-state index contributed by atoms with van der Waals surface area (Å²) in [6.07, 6.45) is 1.90. The largest absolute Gasteiger partial charge is 0.316 e. The highest BCUT2D eigenvalue weighted by Crippen LogP contribution is 2.27. The highest BCUT2D eigenvalue weighted by atomic mass is 15.2. The summed E-state index contributed by atoms with van der Waals surface area (Å²) in [4.78, 5) is 7.04. The minimum absolute atomic E-state index is 0.879. The van der Waals surface area contributed by atoms with E-state index in [2.05, 4.69) is 28.2 Å². The number of aryl methyl sites for hydroxylation is 1. The Morgan fingerprint density at radius 1 is 1.38 bits per heavy atom. The number of nitrogens with one attached hydrogen (secondary N) is 1. The van der Waals surface area contributed by atoms with Crippen LogP contribution in [0.15, 0.2) is 18.3 Å². The smallest absolute Gasteiger partial charge is 0.0573 e. The standard InChI is InChI=1S/C13H19N3/c1-10-3-2-4-15-13(10)9-16-7-11-5-14-6-12(11)8-16/h2-4,11-12,14H,5-9H2,1H3. The van der Waals surface area contributed by atoms with Crippen molar-refractivity contribution in [1.29, 1.82) is 0 Å². The Bertz CT molecular complexity index is 365. The first-order valence-electron chi connectivity index (χ1n) is 6.16. The molecule has 1 aromatic heterocycles. The average molecular weight is 217 g/mol. The van der Waals surface area contributed by atoms with Gasteiger partial charge < -0.3 is 5.32 Å². The number of rotatable bonds is 2. The van der Waals surface area contributed by atoms with Gasteiger partial charge in [0.25, 0.3) is 0 Å². The zero-order valence-corrected chi connectivity index (χ0v) is 9.82. The minimum atomic E-state index is 0.879. The van der Waals surface area contributed by atoms with Gasteiger partial charge in [0, 0.05) is 25.8 Å². The van der Waals surface area contributed by atoms with Gasteiger partial charge in [0.1, 0.15) is 0 Å². The van der Waals surface area contributed by atoms with Crippen LogP contribution in [0, 0.1) is 18.8 Å². The molecule has 86 valence electrons. The molecule has 2 unspecified atom stereocenters. The van der Waals surface area contributed by atoms with Crippen molar-refractivity contribution < 1.29 is 0 Å². The van der Waals surface area contributed by atoms with Crippen LogP contribution in [0.1, 0.15) is 11.3 Å². The summed E-state index contributed by atoms with van der Waals surface area (Å²) in [6, 6.07) is 4.17. The molecular formula is C13H19N3. The maximum atomic E-state index is 4.48. The zero-order chi connectivity index (χ0) is 11.0. The number of hydrogen-bond acceptors (Lipinski definition) is 3. The van der Waals surface area contributed by atoms with Crippen molar-refractivity contribution in [3.63, 3.8) is 0 Å². The molecule has 3 rings (SSSR count). The number of likely N-dealkylation sites (tertiary alicyclic amines) is 1. The summed E-state index contributed by atoms with van der Waals surface area (Å²) in [7, 11) is 0. The SMILES string of the molecule is Cc1cccnc1CN1CC2CNCC2C1. The van der Waals surface area contributed by atoms with Gasteiger partial charge in [-0.25, -0.2) is 0 Å². The molecule has 0 radical (unpaired) electrons. The molecule has 2 aliphatic rings. The normalized spacial score (nSPS) is 29.6. The van der Waals surface area contributed by atoms with Gasteiger partial charge in [-0.1, -0.05) is 6.07 Å². The Labute approximate surface area is 96.9 Å². The Balaban J connectivity index is 1.66. The van der Waals surface area contributed by atoms with Crippen LogP contribution in [0.2, 0.25) is 0 Å². The van der Waals surface area contributed by atoms with E-state index in [1.54, 1.807) is 0 Å². The Morgan fingerprint density at radius 3 is 2.81 bits per heavy atom.